The maximum atomic E-state index is 12.1. The summed E-state index contributed by atoms with van der Waals surface area (Å²) in [5, 5.41) is 8.76. The van der Waals surface area contributed by atoms with Crippen molar-refractivity contribution in [1.82, 2.24) is 4.90 Å². The van der Waals surface area contributed by atoms with Crippen LogP contribution in [0.25, 0.3) is 0 Å². The number of amides is 1. The fourth-order valence-corrected chi connectivity index (χ4v) is 2.84. The van der Waals surface area contributed by atoms with E-state index < -0.39 is 12.1 Å². The fraction of sp³-hybridized carbons (Fsp3) is 0.429. The number of morpholine rings is 1. The van der Waals surface area contributed by atoms with Gasteiger partial charge in [0.05, 0.1) is 24.9 Å². The number of benzene rings is 1. The number of carbonyl (C=O) groups is 2. The summed E-state index contributed by atoms with van der Waals surface area (Å²) in [5.41, 5.74) is 0. The van der Waals surface area contributed by atoms with Crippen molar-refractivity contribution in [2.45, 2.75) is 17.4 Å². The van der Waals surface area contributed by atoms with Crippen LogP contribution < -0.4 is 0 Å². The quantitative estimate of drug-likeness (QED) is 0.834. The number of ether oxygens (including phenoxy) is 1. The van der Waals surface area contributed by atoms with E-state index in [0.29, 0.717) is 25.4 Å². The Morgan fingerprint density at radius 1 is 1.35 bits per heavy atom. The Morgan fingerprint density at radius 3 is 2.80 bits per heavy atom. The predicted octanol–water partition coefficient (Wildman–Crippen LogP) is 1.48. The molecule has 1 saturated heterocycles. The largest absolute Gasteiger partial charge is 0.481 e. The molecule has 1 amide bonds. The van der Waals surface area contributed by atoms with Crippen LogP contribution in [-0.2, 0) is 14.3 Å². The van der Waals surface area contributed by atoms with Crippen LogP contribution in [0.15, 0.2) is 35.2 Å². The van der Waals surface area contributed by atoms with Gasteiger partial charge >= 0.3 is 5.97 Å². The number of hydrogen-bond acceptors (Lipinski definition) is 4. The summed E-state index contributed by atoms with van der Waals surface area (Å²) in [6, 6.07) is 9.73. The number of carboxylic acids is 1. The van der Waals surface area contributed by atoms with Crippen molar-refractivity contribution in [1.29, 1.82) is 0 Å². The first-order chi connectivity index (χ1) is 9.65. The molecule has 1 aromatic rings. The Balaban J connectivity index is 1.81. The van der Waals surface area contributed by atoms with Crippen LogP contribution in [0.4, 0.5) is 0 Å². The van der Waals surface area contributed by atoms with E-state index in [2.05, 4.69) is 0 Å². The van der Waals surface area contributed by atoms with Crippen molar-refractivity contribution >= 4 is 23.6 Å². The third-order valence-electron chi connectivity index (χ3n) is 3.00. The number of rotatable bonds is 5. The first-order valence-electron chi connectivity index (χ1n) is 6.44. The van der Waals surface area contributed by atoms with E-state index >= 15 is 0 Å². The molecule has 20 heavy (non-hydrogen) atoms. The minimum Gasteiger partial charge on any atom is -0.481 e. The average Bonchev–Trinajstić information content (AvgIpc) is 2.45. The summed E-state index contributed by atoms with van der Waals surface area (Å²) in [6.07, 6.45) is -0.456. The zero-order valence-electron chi connectivity index (χ0n) is 11.0. The maximum absolute atomic E-state index is 12.1. The number of carbonyl (C=O) groups excluding carboxylic acids is 1. The second kappa shape index (κ2) is 7.31. The van der Waals surface area contributed by atoms with Crippen molar-refractivity contribution in [2.24, 2.45) is 0 Å². The van der Waals surface area contributed by atoms with E-state index in [1.165, 1.54) is 11.8 Å². The van der Waals surface area contributed by atoms with Gasteiger partial charge in [-0.05, 0) is 12.1 Å². The van der Waals surface area contributed by atoms with E-state index in [9.17, 15) is 9.59 Å². The molecule has 0 aromatic heterocycles. The standard InChI is InChI=1S/C14H17NO4S/c16-13(10-20-12-4-2-1-3-5-12)15-6-7-19-11(9-15)8-14(17)18/h1-5,11H,6-10H2,(H,17,18). The highest BCUT2D eigenvalue weighted by atomic mass is 32.2. The van der Waals surface area contributed by atoms with Gasteiger partial charge in [0.2, 0.25) is 5.91 Å². The van der Waals surface area contributed by atoms with E-state index in [4.69, 9.17) is 9.84 Å². The van der Waals surface area contributed by atoms with Crippen molar-refractivity contribution in [3.05, 3.63) is 30.3 Å². The summed E-state index contributed by atoms with van der Waals surface area (Å²) in [6.45, 7) is 1.30. The van der Waals surface area contributed by atoms with Gasteiger partial charge in [-0.1, -0.05) is 18.2 Å². The molecule has 5 nitrogen and oxygen atoms in total. The minimum atomic E-state index is -0.900. The summed E-state index contributed by atoms with van der Waals surface area (Å²) in [5.74, 6) is -0.510. The lowest BCUT2D eigenvalue weighted by atomic mass is 10.2. The van der Waals surface area contributed by atoms with E-state index in [1.807, 2.05) is 30.3 Å². The van der Waals surface area contributed by atoms with E-state index in [-0.39, 0.29) is 12.3 Å². The highest BCUT2D eigenvalue weighted by Crippen LogP contribution is 2.18. The zero-order valence-corrected chi connectivity index (χ0v) is 11.8. The Labute approximate surface area is 121 Å². The monoisotopic (exact) mass is 295 g/mol. The van der Waals surface area contributed by atoms with Gasteiger partial charge in [0.1, 0.15) is 0 Å². The van der Waals surface area contributed by atoms with Gasteiger partial charge in [-0.3, -0.25) is 9.59 Å². The first-order valence-corrected chi connectivity index (χ1v) is 7.42. The van der Waals surface area contributed by atoms with Crippen molar-refractivity contribution < 1.29 is 19.4 Å². The highest BCUT2D eigenvalue weighted by molar-refractivity contribution is 8.00. The Bertz CT molecular complexity index is 466. The van der Waals surface area contributed by atoms with Gasteiger partial charge < -0.3 is 14.7 Å². The normalized spacial score (nSPS) is 18.8. The van der Waals surface area contributed by atoms with Crippen LogP contribution in [-0.4, -0.2) is 53.4 Å². The molecule has 0 saturated carbocycles. The summed E-state index contributed by atoms with van der Waals surface area (Å²) in [7, 11) is 0. The fourth-order valence-electron chi connectivity index (χ4n) is 2.02. The molecule has 2 rings (SSSR count). The lowest BCUT2D eigenvalue weighted by molar-refractivity contribution is -0.146. The number of thioether (sulfide) groups is 1. The van der Waals surface area contributed by atoms with Gasteiger partial charge in [-0.2, -0.15) is 0 Å². The number of carboxylic acid groups (broad SMARTS) is 1. The Morgan fingerprint density at radius 2 is 2.10 bits per heavy atom. The third-order valence-corrected chi connectivity index (χ3v) is 4.00. The van der Waals surface area contributed by atoms with Gasteiger partial charge in [0.15, 0.2) is 0 Å². The van der Waals surface area contributed by atoms with E-state index in [1.54, 1.807) is 4.90 Å². The van der Waals surface area contributed by atoms with Crippen molar-refractivity contribution in [3.8, 4) is 0 Å². The Kier molecular flexibility index (Phi) is 5.43. The molecule has 1 aromatic carbocycles. The van der Waals surface area contributed by atoms with Gasteiger partial charge in [0, 0.05) is 18.0 Å². The second-order valence-electron chi connectivity index (χ2n) is 4.53. The van der Waals surface area contributed by atoms with Gasteiger partial charge in [-0.25, -0.2) is 0 Å². The second-order valence-corrected chi connectivity index (χ2v) is 5.58. The molecular formula is C14H17NO4S. The number of aliphatic carboxylic acids is 1. The van der Waals surface area contributed by atoms with Gasteiger partial charge in [-0.15, -0.1) is 11.8 Å². The summed E-state index contributed by atoms with van der Waals surface area (Å²) >= 11 is 1.49. The van der Waals surface area contributed by atoms with Crippen LogP contribution in [0.2, 0.25) is 0 Å². The van der Waals surface area contributed by atoms with Crippen LogP contribution in [0.5, 0.6) is 0 Å². The third kappa shape index (κ3) is 4.54. The number of hydrogen-bond donors (Lipinski definition) is 1. The molecule has 1 aliphatic rings. The molecule has 1 N–H and O–H groups in total. The topological polar surface area (TPSA) is 66.8 Å². The van der Waals surface area contributed by atoms with Crippen molar-refractivity contribution in [3.63, 3.8) is 0 Å². The van der Waals surface area contributed by atoms with Crippen LogP contribution in [0, 0.1) is 0 Å². The maximum Gasteiger partial charge on any atom is 0.306 e. The van der Waals surface area contributed by atoms with Crippen LogP contribution in [0.1, 0.15) is 6.42 Å². The molecular weight excluding hydrogens is 278 g/mol. The molecule has 0 aliphatic carbocycles. The molecule has 0 bridgehead atoms. The SMILES string of the molecule is O=C(O)CC1CN(C(=O)CSc2ccccc2)CCO1. The number of nitrogens with zero attached hydrogens (tertiary/aromatic N) is 1. The zero-order chi connectivity index (χ0) is 14.4. The van der Waals surface area contributed by atoms with Gasteiger partial charge in [0.25, 0.3) is 0 Å². The molecule has 108 valence electrons. The summed E-state index contributed by atoms with van der Waals surface area (Å²) < 4.78 is 5.35. The molecule has 0 spiro atoms. The highest BCUT2D eigenvalue weighted by Gasteiger charge is 2.25. The molecule has 1 unspecified atom stereocenters. The first kappa shape index (κ1) is 14.9. The molecule has 6 heteroatoms. The molecule has 0 radical (unpaired) electrons. The summed E-state index contributed by atoms with van der Waals surface area (Å²) in [4.78, 5) is 25.5. The predicted molar refractivity (Wildman–Crippen MR) is 75.7 cm³/mol. The van der Waals surface area contributed by atoms with E-state index in [0.717, 1.165) is 4.90 Å². The lowest BCUT2D eigenvalue weighted by Gasteiger charge is -2.32. The van der Waals surface area contributed by atoms with Crippen LogP contribution >= 0.6 is 11.8 Å². The smallest absolute Gasteiger partial charge is 0.306 e. The van der Waals surface area contributed by atoms with Crippen molar-refractivity contribution in [2.75, 3.05) is 25.4 Å². The van der Waals surface area contributed by atoms with Crippen LogP contribution in [0.3, 0.4) is 0 Å². The molecule has 1 fully saturated rings. The Hall–Kier alpha value is -1.53. The molecule has 1 heterocycles. The minimum absolute atomic E-state index is 0.0255. The lowest BCUT2D eigenvalue weighted by Crippen LogP contribution is -2.46. The molecule has 1 atom stereocenters. The molecule has 1 aliphatic heterocycles. The average molecular weight is 295 g/mol.